The number of aromatic nitrogens is 5. The highest BCUT2D eigenvalue weighted by Crippen LogP contribution is 2.37. The van der Waals surface area contributed by atoms with Gasteiger partial charge in [0.25, 0.3) is 5.91 Å². The number of hydrogen-bond acceptors (Lipinski definition) is 7. The summed E-state index contributed by atoms with van der Waals surface area (Å²) in [6.07, 6.45) is 6.05. The summed E-state index contributed by atoms with van der Waals surface area (Å²) in [6, 6.07) is 5.80. The second-order valence-electron chi connectivity index (χ2n) is 10.0. The van der Waals surface area contributed by atoms with E-state index in [1.54, 1.807) is 12.3 Å². The molecule has 208 valence electrons. The molecular formula is C26H25ClF2N8O3. The molecule has 2 saturated heterocycles. The van der Waals surface area contributed by atoms with Gasteiger partial charge in [0.1, 0.15) is 23.6 Å². The molecule has 1 unspecified atom stereocenters. The van der Waals surface area contributed by atoms with Gasteiger partial charge in [0.15, 0.2) is 5.65 Å². The molecule has 5 heterocycles. The molecule has 4 aromatic rings. The van der Waals surface area contributed by atoms with Gasteiger partial charge in [0.2, 0.25) is 5.91 Å². The van der Waals surface area contributed by atoms with Crippen LogP contribution in [0.3, 0.4) is 0 Å². The predicted octanol–water partition coefficient (Wildman–Crippen LogP) is 3.12. The zero-order chi connectivity index (χ0) is 28.0. The highest BCUT2D eigenvalue weighted by atomic mass is 35.5. The molecule has 11 nitrogen and oxygen atoms in total. The molecule has 6 rings (SSSR count). The van der Waals surface area contributed by atoms with E-state index in [1.807, 2.05) is 4.90 Å². The van der Waals surface area contributed by atoms with E-state index in [2.05, 4.69) is 32.4 Å². The van der Waals surface area contributed by atoms with E-state index < -0.39 is 12.5 Å². The number of rotatable bonds is 7. The Kier molecular flexibility index (Phi) is 6.84. The van der Waals surface area contributed by atoms with Gasteiger partial charge in [0, 0.05) is 55.4 Å². The molecule has 1 aromatic carbocycles. The Hall–Kier alpha value is -4.10. The lowest BCUT2D eigenvalue weighted by molar-refractivity contribution is -0.131. The number of benzene rings is 1. The molecule has 1 N–H and O–H groups in total. The van der Waals surface area contributed by atoms with E-state index >= 15 is 0 Å². The molecule has 0 spiro atoms. The van der Waals surface area contributed by atoms with E-state index in [0.717, 1.165) is 13.1 Å². The van der Waals surface area contributed by atoms with Gasteiger partial charge < -0.3 is 19.9 Å². The lowest BCUT2D eigenvalue weighted by Gasteiger charge is -2.19. The fourth-order valence-corrected chi connectivity index (χ4v) is 5.70. The minimum absolute atomic E-state index is 0.0952. The van der Waals surface area contributed by atoms with Crippen molar-refractivity contribution in [2.45, 2.75) is 13.2 Å². The molecule has 0 radical (unpaired) electrons. The Morgan fingerprint density at radius 1 is 1.20 bits per heavy atom. The van der Waals surface area contributed by atoms with Crippen molar-refractivity contribution >= 4 is 34.7 Å². The molecule has 0 saturated carbocycles. The number of anilines is 1. The zero-order valence-electron chi connectivity index (χ0n) is 21.4. The summed E-state index contributed by atoms with van der Waals surface area (Å²) < 4.78 is 34.0. The Morgan fingerprint density at radius 3 is 2.73 bits per heavy atom. The van der Waals surface area contributed by atoms with E-state index in [0.29, 0.717) is 30.6 Å². The largest absolute Gasteiger partial charge is 0.434 e. The van der Waals surface area contributed by atoms with Crippen LogP contribution in [0, 0.1) is 11.8 Å². The number of nitrogens with zero attached hydrogens (tertiary/aromatic N) is 7. The van der Waals surface area contributed by atoms with Crippen molar-refractivity contribution in [2.24, 2.45) is 11.8 Å². The van der Waals surface area contributed by atoms with Crippen molar-refractivity contribution in [3.05, 3.63) is 59.6 Å². The third kappa shape index (κ3) is 5.09. The van der Waals surface area contributed by atoms with Gasteiger partial charge in [-0.25, -0.2) is 9.50 Å². The van der Waals surface area contributed by atoms with Crippen LogP contribution in [-0.2, 0) is 11.3 Å². The van der Waals surface area contributed by atoms with Gasteiger partial charge >= 0.3 is 6.61 Å². The number of alkyl halides is 2. The van der Waals surface area contributed by atoms with Crippen LogP contribution in [0.25, 0.3) is 16.9 Å². The summed E-state index contributed by atoms with van der Waals surface area (Å²) in [6.45, 7) is 0.0668. The monoisotopic (exact) mass is 570 g/mol. The minimum Gasteiger partial charge on any atom is -0.434 e. The molecule has 0 bridgehead atoms. The molecule has 2 atom stereocenters. The van der Waals surface area contributed by atoms with Crippen LogP contribution in [0.4, 0.5) is 14.5 Å². The lowest BCUT2D eigenvalue weighted by atomic mass is 10.0. The lowest BCUT2D eigenvalue weighted by Crippen LogP contribution is -2.34. The smallest absolute Gasteiger partial charge is 0.387 e. The van der Waals surface area contributed by atoms with E-state index in [9.17, 15) is 18.4 Å². The average molecular weight is 571 g/mol. The molecule has 2 fully saturated rings. The van der Waals surface area contributed by atoms with Crippen LogP contribution in [0.2, 0.25) is 5.02 Å². The topological polar surface area (TPSA) is 110 Å². The second kappa shape index (κ2) is 10.5. The summed E-state index contributed by atoms with van der Waals surface area (Å²) in [4.78, 5) is 34.8. The van der Waals surface area contributed by atoms with Crippen LogP contribution in [-0.4, -0.2) is 85.8 Å². The van der Waals surface area contributed by atoms with Crippen molar-refractivity contribution in [1.29, 1.82) is 0 Å². The van der Waals surface area contributed by atoms with Crippen molar-refractivity contribution in [3.8, 4) is 17.0 Å². The number of ether oxygens (including phenoxy) is 1. The summed E-state index contributed by atoms with van der Waals surface area (Å²) in [5.74, 6) is 0.0381. The number of amides is 2. The van der Waals surface area contributed by atoms with Gasteiger partial charge in [-0.2, -0.15) is 19.0 Å². The zero-order valence-corrected chi connectivity index (χ0v) is 22.1. The van der Waals surface area contributed by atoms with Crippen LogP contribution >= 0.6 is 11.6 Å². The standard InChI is InChI=1S/C26H25ClF2N8O3/c1-34-9-15-11-35(12-16(15)10-34)22(38)14-36-13-20(32-25(39)19-8-31-37-6-2-5-30-24(19)37)23(33-36)18-7-17(27)3-4-21(18)40-26(28)29/h2-8,13,15-16,26H,9-12,14H2,1H3,(H,32,39)/t15-,16?/m1/s1. The molecule has 0 aliphatic carbocycles. The maximum atomic E-state index is 13.3. The van der Waals surface area contributed by atoms with Gasteiger partial charge in [0.05, 0.1) is 11.9 Å². The number of carbonyl (C=O) groups is 2. The summed E-state index contributed by atoms with van der Waals surface area (Å²) in [7, 11) is 2.08. The first-order valence-corrected chi connectivity index (χ1v) is 13.0. The molecule has 2 aliphatic heterocycles. The van der Waals surface area contributed by atoms with Crippen molar-refractivity contribution in [1.82, 2.24) is 34.2 Å². The van der Waals surface area contributed by atoms with E-state index in [4.69, 9.17) is 16.3 Å². The van der Waals surface area contributed by atoms with Crippen molar-refractivity contribution < 1.29 is 23.1 Å². The molecular weight excluding hydrogens is 546 g/mol. The summed E-state index contributed by atoms with van der Waals surface area (Å²) in [5.41, 5.74) is 0.946. The first kappa shape index (κ1) is 26.1. The molecule has 2 aliphatic rings. The number of hydrogen-bond donors (Lipinski definition) is 1. The van der Waals surface area contributed by atoms with Crippen LogP contribution < -0.4 is 10.1 Å². The highest BCUT2D eigenvalue weighted by Gasteiger charge is 2.40. The molecule has 40 heavy (non-hydrogen) atoms. The number of likely N-dealkylation sites (tertiary alicyclic amines) is 2. The SMILES string of the molecule is CN1CC2CN(C(=O)Cn3cc(NC(=O)c4cnn5cccnc45)c(-c4cc(Cl)ccc4OC(F)F)n3)C[C@H]2C1. The Labute approximate surface area is 232 Å². The summed E-state index contributed by atoms with van der Waals surface area (Å²) in [5, 5.41) is 11.7. The highest BCUT2D eigenvalue weighted by molar-refractivity contribution is 6.31. The van der Waals surface area contributed by atoms with Gasteiger partial charge in [-0.15, -0.1) is 0 Å². The Morgan fingerprint density at radius 2 is 1.98 bits per heavy atom. The third-order valence-electron chi connectivity index (χ3n) is 7.27. The third-order valence-corrected chi connectivity index (χ3v) is 7.50. The molecule has 14 heteroatoms. The van der Waals surface area contributed by atoms with Crippen LogP contribution in [0.5, 0.6) is 5.75 Å². The maximum absolute atomic E-state index is 13.3. The van der Waals surface area contributed by atoms with Crippen LogP contribution in [0.1, 0.15) is 10.4 Å². The number of carbonyl (C=O) groups excluding carboxylic acids is 2. The Bertz CT molecular complexity index is 1580. The molecule has 3 aromatic heterocycles. The summed E-state index contributed by atoms with van der Waals surface area (Å²) >= 11 is 6.19. The second-order valence-corrected chi connectivity index (χ2v) is 10.5. The van der Waals surface area contributed by atoms with Gasteiger partial charge in [-0.3, -0.25) is 14.3 Å². The number of fused-ring (bicyclic) bond motifs is 2. The van der Waals surface area contributed by atoms with E-state index in [1.165, 1.54) is 46.0 Å². The number of halogens is 3. The predicted molar refractivity (Wildman–Crippen MR) is 141 cm³/mol. The first-order valence-electron chi connectivity index (χ1n) is 12.6. The average Bonchev–Trinajstić information content (AvgIpc) is 3.67. The fraction of sp³-hybridized carbons (Fsp3) is 0.346. The Balaban J connectivity index is 1.32. The normalized spacial score (nSPS) is 19.0. The minimum atomic E-state index is -3.10. The van der Waals surface area contributed by atoms with Gasteiger partial charge in [-0.05, 0) is 43.1 Å². The quantitative estimate of drug-likeness (QED) is 0.363. The van der Waals surface area contributed by atoms with Crippen molar-refractivity contribution in [3.63, 3.8) is 0 Å². The van der Waals surface area contributed by atoms with Gasteiger partial charge in [-0.1, -0.05) is 11.6 Å². The van der Waals surface area contributed by atoms with Crippen LogP contribution in [0.15, 0.2) is 49.1 Å². The maximum Gasteiger partial charge on any atom is 0.387 e. The van der Waals surface area contributed by atoms with Crippen molar-refractivity contribution in [2.75, 3.05) is 38.5 Å². The molecule has 2 amide bonds. The first-order chi connectivity index (χ1) is 19.2. The van der Waals surface area contributed by atoms with E-state index in [-0.39, 0.29) is 45.7 Å². The number of nitrogens with one attached hydrogen (secondary N) is 1. The fourth-order valence-electron chi connectivity index (χ4n) is 5.53.